The molecule has 0 aliphatic heterocycles. The van der Waals surface area contributed by atoms with Crippen LogP contribution < -0.4 is 0 Å². The van der Waals surface area contributed by atoms with Gasteiger partial charge in [-0.2, -0.15) is 0 Å². The number of aliphatic hydroxyl groups excluding tert-OH is 1. The lowest BCUT2D eigenvalue weighted by Crippen LogP contribution is -2.02. The van der Waals surface area contributed by atoms with E-state index in [1.807, 2.05) is 18.2 Å². The summed E-state index contributed by atoms with van der Waals surface area (Å²) in [6.07, 6.45) is -0.253. The van der Waals surface area contributed by atoms with E-state index in [2.05, 4.69) is 0 Å². The lowest BCUT2D eigenvalue weighted by atomic mass is 10.0. The predicted octanol–water partition coefficient (Wildman–Crippen LogP) is 4.92. The highest BCUT2D eigenvalue weighted by atomic mass is 35.5. The Labute approximate surface area is 121 Å². The molecule has 2 aromatic carbocycles. The summed E-state index contributed by atoms with van der Waals surface area (Å²) in [7, 11) is 0. The molecule has 0 heterocycles. The summed E-state index contributed by atoms with van der Waals surface area (Å²) in [4.78, 5) is 0. The van der Waals surface area contributed by atoms with Gasteiger partial charge in [0.2, 0.25) is 0 Å². The molecule has 1 nitrogen and oxygen atoms in total. The van der Waals surface area contributed by atoms with Crippen LogP contribution >= 0.6 is 34.8 Å². The Morgan fingerprint density at radius 2 is 1.56 bits per heavy atom. The number of rotatable bonds is 3. The van der Waals surface area contributed by atoms with Gasteiger partial charge in [-0.15, -0.1) is 0 Å². The maximum atomic E-state index is 10.2. The highest BCUT2D eigenvalue weighted by Gasteiger charge is 2.12. The predicted molar refractivity (Wildman–Crippen MR) is 76.6 cm³/mol. The van der Waals surface area contributed by atoms with Gasteiger partial charge in [-0.1, -0.05) is 53.0 Å². The molecular weight excluding hydrogens is 291 g/mol. The third-order valence-electron chi connectivity index (χ3n) is 2.64. The van der Waals surface area contributed by atoms with Crippen LogP contribution in [0.4, 0.5) is 0 Å². The Hall–Kier alpha value is -0.730. The van der Waals surface area contributed by atoms with Crippen LogP contribution in [0.1, 0.15) is 17.2 Å². The minimum atomic E-state index is -0.680. The molecular formula is C14H11Cl3O. The van der Waals surface area contributed by atoms with Crippen molar-refractivity contribution in [3.8, 4) is 0 Å². The molecule has 0 saturated heterocycles. The highest BCUT2D eigenvalue weighted by molar-refractivity contribution is 6.34. The zero-order valence-electron chi connectivity index (χ0n) is 9.41. The third kappa shape index (κ3) is 3.39. The molecule has 4 heteroatoms. The molecule has 2 rings (SSSR count). The van der Waals surface area contributed by atoms with Crippen molar-refractivity contribution < 1.29 is 5.11 Å². The minimum Gasteiger partial charge on any atom is -0.388 e. The summed E-state index contributed by atoms with van der Waals surface area (Å²) in [6.45, 7) is 0. The normalized spacial score (nSPS) is 12.4. The Balaban J connectivity index is 2.22. The fraction of sp³-hybridized carbons (Fsp3) is 0.143. The molecule has 0 radical (unpaired) electrons. The molecule has 0 aliphatic rings. The lowest BCUT2D eigenvalue weighted by molar-refractivity contribution is 0.178. The number of hydrogen-bond donors (Lipinski definition) is 1. The summed E-state index contributed by atoms with van der Waals surface area (Å²) in [5.41, 5.74) is 1.58. The summed E-state index contributed by atoms with van der Waals surface area (Å²) >= 11 is 17.9. The van der Waals surface area contributed by atoms with Crippen LogP contribution in [0.3, 0.4) is 0 Å². The molecule has 0 bridgehead atoms. The van der Waals surface area contributed by atoms with Crippen LogP contribution in [0.15, 0.2) is 42.5 Å². The highest BCUT2D eigenvalue weighted by Crippen LogP contribution is 2.27. The Bertz CT molecular complexity index is 534. The first-order valence-electron chi connectivity index (χ1n) is 5.44. The average molecular weight is 302 g/mol. The van der Waals surface area contributed by atoms with E-state index in [1.54, 1.807) is 24.3 Å². The second kappa shape index (κ2) is 5.94. The van der Waals surface area contributed by atoms with Crippen molar-refractivity contribution in [1.82, 2.24) is 0 Å². The van der Waals surface area contributed by atoms with Crippen molar-refractivity contribution in [3.63, 3.8) is 0 Å². The standard InChI is InChI=1S/C14H11Cl3O/c15-11-5-10(6-12(16)8-11)14(18)7-9-3-1-2-4-13(9)17/h1-6,8,14,18H,7H2. The van der Waals surface area contributed by atoms with Gasteiger partial charge in [0.05, 0.1) is 6.10 Å². The molecule has 2 aromatic rings. The Morgan fingerprint density at radius 3 is 2.17 bits per heavy atom. The maximum absolute atomic E-state index is 10.2. The van der Waals surface area contributed by atoms with Crippen LogP contribution in [-0.4, -0.2) is 5.11 Å². The molecule has 1 unspecified atom stereocenters. The van der Waals surface area contributed by atoms with Crippen LogP contribution in [0.2, 0.25) is 15.1 Å². The lowest BCUT2D eigenvalue weighted by Gasteiger charge is -2.13. The van der Waals surface area contributed by atoms with Gasteiger partial charge >= 0.3 is 0 Å². The van der Waals surface area contributed by atoms with Gasteiger partial charge in [-0.3, -0.25) is 0 Å². The van der Waals surface area contributed by atoms with Crippen LogP contribution in [0.25, 0.3) is 0 Å². The van der Waals surface area contributed by atoms with Crippen molar-refractivity contribution in [1.29, 1.82) is 0 Å². The largest absolute Gasteiger partial charge is 0.388 e. The van der Waals surface area contributed by atoms with E-state index in [1.165, 1.54) is 0 Å². The number of halogens is 3. The van der Waals surface area contributed by atoms with Gasteiger partial charge in [0.25, 0.3) is 0 Å². The Morgan fingerprint density at radius 1 is 0.944 bits per heavy atom. The van der Waals surface area contributed by atoms with Crippen molar-refractivity contribution in [2.75, 3.05) is 0 Å². The van der Waals surface area contributed by atoms with Gasteiger partial charge in [0, 0.05) is 21.5 Å². The van der Waals surface area contributed by atoms with Gasteiger partial charge in [0.15, 0.2) is 0 Å². The zero-order chi connectivity index (χ0) is 13.1. The molecule has 0 saturated carbocycles. The summed E-state index contributed by atoms with van der Waals surface area (Å²) < 4.78 is 0. The molecule has 94 valence electrons. The number of hydrogen-bond acceptors (Lipinski definition) is 1. The van der Waals surface area contributed by atoms with E-state index in [9.17, 15) is 5.11 Å². The molecule has 18 heavy (non-hydrogen) atoms. The monoisotopic (exact) mass is 300 g/mol. The molecule has 0 spiro atoms. The van der Waals surface area contributed by atoms with Gasteiger partial charge in [-0.05, 0) is 35.4 Å². The van der Waals surface area contributed by atoms with Gasteiger partial charge < -0.3 is 5.11 Å². The Kier molecular flexibility index (Phi) is 4.52. The second-order valence-corrected chi connectivity index (χ2v) is 5.29. The topological polar surface area (TPSA) is 20.2 Å². The van der Waals surface area contributed by atoms with Crippen LogP contribution in [0.5, 0.6) is 0 Å². The van der Waals surface area contributed by atoms with E-state index < -0.39 is 6.10 Å². The molecule has 1 N–H and O–H groups in total. The van der Waals surface area contributed by atoms with E-state index in [4.69, 9.17) is 34.8 Å². The van der Waals surface area contributed by atoms with Crippen molar-refractivity contribution in [2.24, 2.45) is 0 Å². The van der Waals surface area contributed by atoms with Gasteiger partial charge in [-0.25, -0.2) is 0 Å². The summed E-state index contributed by atoms with van der Waals surface area (Å²) in [6, 6.07) is 12.5. The molecule has 1 atom stereocenters. The summed E-state index contributed by atoms with van der Waals surface area (Å²) in [5, 5.41) is 11.8. The quantitative estimate of drug-likeness (QED) is 0.853. The van der Waals surface area contributed by atoms with Crippen molar-refractivity contribution in [2.45, 2.75) is 12.5 Å². The smallest absolute Gasteiger partial charge is 0.0831 e. The minimum absolute atomic E-state index is 0.427. The van der Waals surface area contributed by atoms with Crippen LogP contribution in [0, 0.1) is 0 Å². The summed E-state index contributed by atoms with van der Waals surface area (Å²) in [5.74, 6) is 0. The molecule has 0 aromatic heterocycles. The van der Waals surface area contributed by atoms with Gasteiger partial charge in [0.1, 0.15) is 0 Å². The first kappa shape index (κ1) is 13.7. The maximum Gasteiger partial charge on any atom is 0.0831 e. The second-order valence-electron chi connectivity index (χ2n) is 4.01. The van der Waals surface area contributed by atoms with Crippen LogP contribution in [-0.2, 0) is 6.42 Å². The third-order valence-corrected chi connectivity index (χ3v) is 3.45. The zero-order valence-corrected chi connectivity index (χ0v) is 11.7. The first-order chi connectivity index (χ1) is 8.56. The number of aliphatic hydroxyl groups is 1. The van der Waals surface area contributed by atoms with E-state index in [-0.39, 0.29) is 0 Å². The molecule has 0 amide bonds. The number of benzene rings is 2. The average Bonchev–Trinajstić information content (AvgIpc) is 2.31. The SMILES string of the molecule is OC(Cc1ccccc1Cl)c1cc(Cl)cc(Cl)c1. The molecule has 0 aliphatic carbocycles. The fourth-order valence-corrected chi connectivity index (χ4v) is 2.51. The van der Waals surface area contributed by atoms with E-state index in [0.717, 1.165) is 5.56 Å². The fourth-order valence-electron chi connectivity index (χ4n) is 1.76. The first-order valence-corrected chi connectivity index (χ1v) is 6.57. The van der Waals surface area contributed by atoms with E-state index in [0.29, 0.717) is 27.1 Å². The van der Waals surface area contributed by atoms with Crippen molar-refractivity contribution >= 4 is 34.8 Å². The van der Waals surface area contributed by atoms with Crippen molar-refractivity contribution in [3.05, 3.63) is 68.7 Å². The molecule has 0 fully saturated rings. The van der Waals surface area contributed by atoms with E-state index >= 15 is 0 Å².